The molecule has 4 heteroatoms. The summed E-state index contributed by atoms with van der Waals surface area (Å²) in [6, 6.07) is 11.0. The number of piperazine rings is 1. The molecule has 108 valence electrons. The summed E-state index contributed by atoms with van der Waals surface area (Å²) in [6.07, 6.45) is 2.60. The number of unbranched alkanes of at least 4 members (excludes halogenated alkanes) is 1. The minimum absolute atomic E-state index is 1.13. The van der Waals surface area contributed by atoms with Gasteiger partial charge in [-0.05, 0) is 36.9 Å². The monoisotopic (exact) mass is 352 g/mol. The maximum Gasteiger partial charge on any atom is 0.0921 e. The molecule has 1 saturated heterocycles. The predicted octanol–water partition coefficient (Wildman–Crippen LogP) is 4.20. The molecule has 0 bridgehead atoms. The van der Waals surface area contributed by atoms with E-state index in [1.165, 1.54) is 60.7 Å². The topological polar surface area (TPSA) is 6.48 Å². The van der Waals surface area contributed by atoms with Crippen LogP contribution in [0, 0.1) is 0 Å². The van der Waals surface area contributed by atoms with E-state index in [1.54, 1.807) is 0 Å². The number of hydrogen-bond acceptors (Lipinski definition) is 3. The lowest BCUT2D eigenvalue weighted by Gasteiger charge is -2.35. The number of hydrogen-bond donors (Lipinski definition) is 0. The van der Waals surface area contributed by atoms with Crippen molar-refractivity contribution in [1.29, 1.82) is 0 Å². The largest absolute Gasteiger partial charge is 0.361 e. The molecule has 1 aromatic carbocycles. The van der Waals surface area contributed by atoms with Crippen molar-refractivity contribution in [2.45, 2.75) is 12.8 Å². The molecule has 2 aromatic rings. The molecular weight excluding hydrogens is 332 g/mol. The summed E-state index contributed by atoms with van der Waals surface area (Å²) in [5.41, 5.74) is 0. The molecule has 1 aromatic heterocycles. The zero-order valence-corrected chi connectivity index (χ0v) is 14.1. The fraction of sp³-hybridized carbons (Fsp3) is 0.500. The lowest BCUT2D eigenvalue weighted by Crippen LogP contribution is -2.46. The second kappa shape index (κ2) is 6.92. The fourth-order valence-electron chi connectivity index (χ4n) is 2.75. The zero-order chi connectivity index (χ0) is 13.8. The highest BCUT2D eigenvalue weighted by atomic mass is 79.9. The van der Waals surface area contributed by atoms with Gasteiger partial charge < -0.3 is 4.90 Å². The number of benzene rings is 1. The van der Waals surface area contributed by atoms with Crippen molar-refractivity contribution in [2.24, 2.45) is 0 Å². The molecule has 0 saturated carbocycles. The Kier molecular flexibility index (Phi) is 4.97. The normalized spacial score (nSPS) is 16.9. The van der Waals surface area contributed by atoms with Gasteiger partial charge in [0.15, 0.2) is 0 Å². The van der Waals surface area contributed by atoms with Crippen LogP contribution in [0.5, 0.6) is 0 Å². The van der Waals surface area contributed by atoms with Gasteiger partial charge in [0.05, 0.1) is 5.00 Å². The third-order valence-corrected chi connectivity index (χ3v) is 5.69. The lowest BCUT2D eigenvalue weighted by atomic mass is 10.2. The third-order valence-electron chi connectivity index (χ3n) is 3.95. The molecular formula is C16H21BrN2S. The van der Waals surface area contributed by atoms with Crippen LogP contribution in [0.4, 0.5) is 5.00 Å². The summed E-state index contributed by atoms with van der Waals surface area (Å²) in [5.74, 6) is 0. The molecule has 2 heterocycles. The number of nitrogens with zero attached hydrogens (tertiary/aromatic N) is 2. The lowest BCUT2D eigenvalue weighted by molar-refractivity contribution is 0.255. The molecule has 0 spiro atoms. The number of halogens is 1. The second-order valence-electron chi connectivity index (χ2n) is 5.35. The van der Waals surface area contributed by atoms with E-state index in [2.05, 4.69) is 56.1 Å². The van der Waals surface area contributed by atoms with Crippen molar-refractivity contribution in [3.05, 3.63) is 30.3 Å². The zero-order valence-electron chi connectivity index (χ0n) is 11.7. The van der Waals surface area contributed by atoms with Gasteiger partial charge in [-0.2, -0.15) is 0 Å². The summed E-state index contributed by atoms with van der Waals surface area (Å²) in [4.78, 5) is 5.15. The summed E-state index contributed by atoms with van der Waals surface area (Å²) in [5, 5.41) is 3.95. The van der Waals surface area contributed by atoms with E-state index in [0.717, 1.165) is 5.33 Å². The quantitative estimate of drug-likeness (QED) is 0.587. The van der Waals surface area contributed by atoms with E-state index >= 15 is 0 Å². The Bertz CT molecular complexity index is 513. The first-order valence-electron chi connectivity index (χ1n) is 7.38. The Hall–Kier alpha value is -0.580. The molecule has 0 amide bonds. The standard InChI is InChI=1S/C16H21BrN2S/c17-7-3-4-8-18-9-11-19(12-10-18)16-13-14-5-1-2-6-15(14)20-16/h1-2,5-6,13H,3-4,7-12H2. The number of anilines is 1. The molecule has 1 aliphatic heterocycles. The van der Waals surface area contributed by atoms with Crippen LogP contribution in [0.1, 0.15) is 12.8 Å². The summed E-state index contributed by atoms with van der Waals surface area (Å²) >= 11 is 5.43. The van der Waals surface area contributed by atoms with E-state index in [-0.39, 0.29) is 0 Å². The smallest absolute Gasteiger partial charge is 0.0921 e. The van der Waals surface area contributed by atoms with E-state index in [9.17, 15) is 0 Å². The van der Waals surface area contributed by atoms with Gasteiger partial charge in [-0.3, -0.25) is 4.90 Å². The average molecular weight is 353 g/mol. The number of rotatable bonds is 5. The molecule has 0 unspecified atom stereocenters. The molecule has 0 aliphatic carbocycles. The summed E-state index contributed by atoms with van der Waals surface area (Å²) < 4.78 is 1.40. The third kappa shape index (κ3) is 3.35. The Balaban J connectivity index is 1.57. The van der Waals surface area contributed by atoms with Gasteiger partial charge in [0.1, 0.15) is 0 Å². The van der Waals surface area contributed by atoms with Gasteiger partial charge in [-0.1, -0.05) is 34.1 Å². The molecule has 1 aliphatic rings. The maximum atomic E-state index is 3.51. The van der Waals surface area contributed by atoms with E-state index in [4.69, 9.17) is 0 Å². The highest BCUT2D eigenvalue weighted by Crippen LogP contribution is 2.32. The summed E-state index contributed by atoms with van der Waals surface area (Å²) in [6.45, 7) is 6.00. The Morgan fingerprint density at radius 2 is 1.85 bits per heavy atom. The Morgan fingerprint density at radius 3 is 2.60 bits per heavy atom. The molecule has 20 heavy (non-hydrogen) atoms. The minimum Gasteiger partial charge on any atom is -0.361 e. The molecule has 0 radical (unpaired) electrons. The van der Waals surface area contributed by atoms with Crippen LogP contribution in [0.3, 0.4) is 0 Å². The van der Waals surface area contributed by atoms with Gasteiger partial charge in [0, 0.05) is 36.2 Å². The van der Waals surface area contributed by atoms with E-state index in [1.807, 2.05) is 11.3 Å². The number of fused-ring (bicyclic) bond motifs is 1. The first-order valence-corrected chi connectivity index (χ1v) is 9.32. The van der Waals surface area contributed by atoms with Gasteiger partial charge >= 0.3 is 0 Å². The highest BCUT2D eigenvalue weighted by Gasteiger charge is 2.18. The Morgan fingerprint density at radius 1 is 1.05 bits per heavy atom. The second-order valence-corrected chi connectivity index (χ2v) is 7.20. The number of thiophene rings is 1. The van der Waals surface area contributed by atoms with Gasteiger partial charge in [-0.15, -0.1) is 11.3 Å². The van der Waals surface area contributed by atoms with E-state index < -0.39 is 0 Å². The van der Waals surface area contributed by atoms with Gasteiger partial charge in [-0.25, -0.2) is 0 Å². The molecule has 0 N–H and O–H groups in total. The number of alkyl halides is 1. The highest BCUT2D eigenvalue weighted by molar-refractivity contribution is 9.09. The SMILES string of the molecule is BrCCCCN1CCN(c2cc3ccccc3s2)CC1. The van der Waals surface area contributed by atoms with Crippen molar-refractivity contribution in [3.63, 3.8) is 0 Å². The fourth-order valence-corrected chi connectivity index (χ4v) is 4.26. The molecule has 0 atom stereocenters. The van der Waals surface area contributed by atoms with E-state index in [0.29, 0.717) is 0 Å². The predicted molar refractivity (Wildman–Crippen MR) is 93.5 cm³/mol. The van der Waals surface area contributed by atoms with Crippen LogP contribution in [0.2, 0.25) is 0 Å². The van der Waals surface area contributed by atoms with Crippen molar-refractivity contribution >= 4 is 42.4 Å². The average Bonchev–Trinajstić information content (AvgIpc) is 2.92. The summed E-state index contributed by atoms with van der Waals surface area (Å²) in [7, 11) is 0. The van der Waals surface area contributed by atoms with Gasteiger partial charge in [0.2, 0.25) is 0 Å². The van der Waals surface area contributed by atoms with Crippen LogP contribution >= 0.6 is 27.3 Å². The van der Waals surface area contributed by atoms with Gasteiger partial charge in [0.25, 0.3) is 0 Å². The molecule has 1 fully saturated rings. The van der Waals surface area contributed by atoms with Crippen molar-refractivity contribution in [3.8, 4) is 0 Å². The maximum absolute atomic E-state index is 3.51. The Labute approximate surface area is 133 Å². The van der Waals surface area contributed by atoms with Crippen LogP contribution in [0.15, 0.2) is 30.3 Å². The minimum atomic E-state index is 1.13. The van der Waals surface area contributed by atoms with Crippen molar-refractivity contribution in [1.82, 2.24) is 4.90 Å². The van der Waals surface area contributed by atoms with Crippen LogP contribution in [-0.4, -0.2) is 43.0 Å². The van der Waals surface area contributed by atoms with Crippen molar-refractivity contribution in [2.75, 3.05) is 43.0 Å². The van der Waals surface area contributed by atoms with Crippen LogP contribution in [0.25, 0.3) is 10.1 Å². The first-order chi connectivity index (χ1) is 9.86. The molecule has 3 rings (SSSR count). The van der Waals surface area contributed by atoms with Crippen LogP contribution < -0.4 is 4.90 Å². The first kappa shape index (κ1) is 14.4. The van der Waals surface area contributed by atoms with Crippen molar-refractivity contribution < 1.29 is 0 Å². The van der Waals surface area contributed by atoms with Crippen LogP contribution in [-0.2, 0) is 0 Å². The molecule has 2 nitrogen and oxygen atoms in total.